The van der Waals surface area contributed by atoms with Gasteiger partial charge < -0.3 is 0 Å². The summed E-state index contributed by atoms with van der Waals surface area (Å²) in [5, 5.41) is 0. The first kappa shape index (κ1) is 6.34. The SMILES string of the molecule is CCC=C1C=CCC=C1. The fourth-order valence-electron chi connectivity index (χ4n) is 0.914. The molecule has 0 spiro atoms. The molecule has 0 bridgehead atoms. The first-order chi connectivity index (χ1) is 4.43. The van der Waals surface area contributed by atoms with E-state index < -0.39 is 0 Å². The highest BCUT2D eigenvalue weighted by molar-refractivity contribution is 5.33. The van der Waals surface area contributed by atoms with Gasteiger partial charge in [-0.05, 0) is 18.4 Å². The van der Waals surface area contributed by atoms with Crippen LogP contribution < -0.4 is 0 Å². The van der Waals surface area contributed by atoms with Crippen molar-refractivity contribution in [2.45, 2.75) is 19.8 Å². The van der Waals surface area contributed by atoms with Crippen LogP contribution >= 0.6 is 0 Å². The zero-order valence-electron chi connectivity index (χ0n) is 5.80. The molecule has 1 rings (SSSR count). The first-order valence-electron chi connectivity index (χ1n) is 3.46. The molecule has 9 heavy (non-hydrogen) atoms. The summed E-state index contributed by atoms with van der Waals surface area (Å²) in [6.45, 7) is 2.16. The van der Waals surface area contributed by atoms with E-state index in [1.54, 1.807) is 0 Å². The Morgan fingerprint density at radius 3 is 2.67 bits per heavy atom. The molecule has 1 aliphatic carbocycles. The molecule has 0 heteroatoms. The maximum Gasteiger partial charge on any atom is -0.0163 e. The third-order valence-electron chi connectivity index (χ3n) is 1.33. The molecule has 0 amide bonds. The van der Waals surface area contributed by atoms with Gasteiger partial charge in [0.15, 0.2) is 0 Å². The summed E-state index contributed by atoms with van der Waals surface area (Å²) in [4.78, 5) is 0. The lowest BCUT2D eigenvalue weighted by atomic mass is 10.1. The van der Waals surface area contributed by atoms with Crippen LogP contribution in [-0.4, -0.2) is 0 Å². The summed E-state index contributed by atoms with van der Waals surface area (Å²) < 4.78 is 0. The van der Waals surface area contributed by atoms with E-state index in [1.807, 2.05) is 0 Å². The Morgan fingerprint density at radius 2 is 2.11 bits per heavy atom. The van der Waals surface area contributed by atoms with Crippen LogP contribution in [0.4, 0.5) is 0 Å². The minimum atomic E-state index is 1.10. The van der Waals surface area contributed by atoms with E-state index in [4.69, 9.17) is 0 Å². The Bertz CT molecular complexity index is 145. The van der Waals surface area contributed by atoms with Gasteiger partial charge in [-0.3, -0.25) is 0 Å². The third-order valence-corrected chi connectivity index (χ3v) is 1.33. The molecule has 1 aliphatic rings. The normalized spacial score (nSPS) is 16.3. The maximum absolute atomic E-state index is 2.23. The molecule has 0 radical (unpaired) electrons. The zero-order chi connectivity index (χ0) is 6.53. The molecule has 0 aromatic carbocycles. The molecule has 0 nitrogen and oxygen atoms in total. The van der Waals surface area contributed by atoms with Gasteiger partial charge in [-0.2, -0.15) is 0 Å². The molecule has 0 aromatic rings. The minimum absolute atomic E-state index is 1.10. The van der Waals surface area contributed by atoms with Crippen LogP contribution in [0, 0.1) is 0 Å². The van der Waals surface area contributed by atoms with Gasteiger partial charge in [0.1, 0.15) is 0 Å². The highest BCUT2D eigenvalue weighted by atomic mass is 13.9. The smallest absolute Gasteiger partial charge is 0.0163 e. The molecule has 48 valence electrons. The maximum atomic E-state index is 2.23. The highest BCUT2D eigenvalue weighted by Crippen LogP contribution is 2.07. The van der Waals surface area contributed by atoms with Gasteiger partial charge in [0.05, 0.1) is 0 Å². The molecule has 0 saturated carbocycles. The molecule has 0 saturated heterocycles. The topological polar surface area (TPSA) is 0 Å². The second kappa shape index (κ2) is 3.29. The van der Waals surface area contributed by atoms with E-state index in [9.17, 15) is 0 Å². The summed E-state index contributed by atoms with van der Waals surface area (Å²) in [5.74, 6) is 0. The van der Waals surface area contributed by atoms with Crippen LogP contribution in [0.25, 0.3) is 0 Å². The van der Waals surface area contributed by atoms with Gasteiger partial charge in [0, 0.05) is 0 Å². The Balaban J connectivity index is 2.59. The predicted octanol–water partition coefficient (Wildman–Crippen LogP) is 2.84. The van der Waals surface area contributed by atoms with E-state index in [-0.39, 0.29) is 0 Å². The number of allylic oxidation sites excluding steroid dienone is 6. The van der Waals surface area contributed by atoms with Crippen molar-refractivity contribution in [3.63, 3.8) is 0 Å². The third kappa shape index (κ3) is 1.88. The monoisotopic (exact) mass is 120 g/mol. The van der Waals surface area contributed by atoms with Crippen LogP contribution in [-0.2, 0) is 0 Å². The molecular formula is C9H12. The molecule has 0 aliphatic heterocycles. The summed E-state index contributed by atoms with van der Waals surface area (Å²) in [6, 6.07) is 0. The predicted molar refractivity (Wildman–Crippen MR) is 41.3 cm³/mol. The summed E-state index contributed by atoms with van der Waals surface area (Å²) in [5.41, 5.74) is 1.35. The number of hydrogen-bond acceptors (Lipinski definition) is 0. The molecule has 0 aromatic heterocycles. The lowest BCUT2D eigenvalue weighted by molar-refractivity contribution is 1.20. The van der Waals surface area contributed by atoms with Crippen molar-refractivity contribution < 1.29 is 0 Å². The summed E-state index contributed by atoms with van der Waals surface area (Å²) >= 11 is 0. The van der Waals surface area contributed by atoms with Crippen molar-refractivity contribution in [1.29, 1.82) is 0 Å². The van der Waals surface area contributed by atoms with Crippen molar-refractivity contribution in [3.05, 3.63) is 36.0 Å². The Labute approximate surface area is 56.6 Å². The van der Waals surface area contributed by atoms with Gasteiger partial charge in [-0.1, -0.05) is 37.3 Å². The van der Waals surface area contributed by atoms with Crippen molar-refractivity contribution in [1.82, 2.24) is 0 Å². The van der Waals surface area contributed by atoms with Crippen molar-refractivity contribution >= 4 is 0 Å². The molecule has 0 unspecified atom stereocenters. The molecule has 0 heterocycles. The highest BCUT2D eigenvalue weighted by Gasteiger charge is 1.87. The molecule has 0 fully saturated rings. The summed E-state index contributed by atoms with van der Waals surface area (Å²) in [6.07, 6.45) is 13.2. The second-order valence-corrected chi connectivity index (χ2v) is 2.15. The average molecular weight is 120 g/mol. The molecular weight excluding hydrogens is 108 g/mol. The largest absolute Gasteiger partial charge is 0.0802 e. The van der Waals surface area contributed by atoms with E-state index >= 15 is 0 Å². The van der Waals surface area contributed by atoms with Crippen molar-refractivity contribution in [2.24, 2.45) is 0 Å². The lowest BCUT2D eigenvalue weighted by Gasteiger charge is -1.96. The standard InChI is InChI=1S/C9H12/c1-2-6-9-7-4-3-5-8-9/h4-8H,2-3H2,1H3. The lowest BCUT2D eigenvalue weighted by Crippen LogP contribution is -1.76. The molecule has 0 N–H and O–H groups in total. The Kier molecular flexibility index (Phi) is 2.32. The van der Waals surface area contributed by atoms with E-state index in [0.717, 1.165) is 12.8 Å². The van der Waals surface area contributed by atoms with E-state index in [0.29, 0.717) is 0 Å². The zero-order valence-corrected chi connectivity index (χ0v) is 5.80. The van der Waals surface area contributed by atoms with Crippen LogP contribution in [0.1, 0.15) is 19.8 Å². The minimum Gasteiger partial charge on any atom is -0.0802 e. The van der Waals surface area contributed by atoms with Gasteiger partial charge >= 0.3 is 0 Å². The van der Waals surface area contributed by atoms with Crippen LogP contribution in [0.2, 0.25) is 0 Å². The summed E-state index contributed by atoms with van der Waals surface area (Å²) in [7, 11) is 0. The quantitative estimate of drug-likeness (QED) is 0.499. The molecule has 0 atom stereocenters. The van der Waals surface area contributed by atoms with Gasteiger partial charge in [0.2, 0.25) is 0 Å². The van der Waals surface area contributed by atoms with E-state index in [1.165, 1.54) is 5.57 Å². The first-order valence-corrected chi connectivity index (χ1v) is 3.46. The Morgan fingerprint density at radius 1 is 1.44 bits per heavy atom. The van der Waals surface area contributed by atoms with Gasteiger partial charge in [-0.15, -0.1) is 0 Å². The Hall–Kier alpha value is -0.780. The number of hydrogen-bond donors (Lipinski definition) is 0. The van der Waals surface area contributed by atoms with Crippen LogP contribution in [0.3, 0.4) is 0 Å². The van der Waals surface area contributed by atoms with Crippen molar-refractivity contribution in [3.8, 4) is 0 Å². The van der Waals surface area contributed by atoms with Crippen LogP contribution in [0.15, 0.2) is 36.0 Å². The van der Waals surface area contributed by atoms with Crippen LogP contribution in [0.5, 0.6) is 0 Å². The van der Waals surface area contributed by atoms with Gasteiger partial charge in [0.25, 0.3) is 0 Å². The van der Waals surface area contributed by atoms with E-state index in [2.05, 4.69) is 37.3 Å². The number of rotatable bonds is 1. The second-order valence-electron chi connectivity index (χ2n) is 2.15. The van der Waals surface area contributed by atoms with Crippen molar-refractivity contribution in [2.75, 3.05) is 0 Å². The fourth-order valence-corrected chi connectivity index (χ4v) is 0.914. The average Bonchev–Trinajstić information content (AvgIpc) is 1.91. The fraction of sp³-hybridized carbons (Fsp3) is 0.333. The van der Waals surface area contributed by atoms with Gasteiger partial charge in [-0.25, -0.2) is 0 Å².